The van der Waals surface area contributed by atoms with Crippen molar-refractivity contribution in [1.29, 1.82) is 0 Å². The third kappa shape index (κ3) is 9.56. The monoisotopic (exact) mass is 499 g/mol. The first-order valence-electron chi connectivity index (χ1n) is 10.9. The number of benzene rings is 2. The number of aliphatic hydroxyl groups excluding tert-OH is 1. The van der Waals surface area contributed by atoms with Gasteiger partial charge in [0.05, 0.1) is 23.6 Å². The van der Waals surface area contributed by atoms with Crippen LogP contribution >= 0.6 is 0 Å². The molecule has 0 heterocycles. The zero-order chi connectivity index (χ0) is 26.4. The van der Waals surface area contributed by atoms with Gasteiger partial charge in [0.2, 0.25) is 0 Å². The van der Waals surface area contributed by atoms with Crippen LogP contribution in [0.4, 0.5) is 22.4 Å². The van der Waals surface area contributed by atoms with Crippen molar-refractivity contribution in [3.63, 3.8) is 0 Å². The minimum atomic E-state index is -4.51. The number of carbonyl (C=O) groups is 2. The number of halogens is 4. The van der Waals surface area contributed by atoms with Crippen LogP contribution in [0.25, 0.3) is 0 Å². The quantitative estimate of drug-likeness (QED) is 0.423. The van der Waals surface area contributed by atoms with Crippen molar-refractivity contribution in [3.8, 4) is 0 Å². The highest BCUT2D eigenvalue weighted by Gasteiger charge is 2.32. The van der Waals surface area contributed by atoms with E-state index in [4.69, 9.17) is 4.74 Å². The average Bonchev–Trinajstić information content (AvgIpc) is 2.72. The van der Waals surface area contributed by atoms with Gasteiger partial charge in [-0.2, -0.15) is 13.2 Å². The number of rotatable bonds is 9. The van der Waals surface area contributed by atoms with Gasteiger partial charge in [-0.15, -0.1) is 0 Å². The van der Waals surface area contributed by atoms with E-state index in [9.17, 15) is 37.4 Å². The SMILES string of the molecule is CC(C)(C)OC(=O)NC(Cc1ccc(C(F)(F)F)cc1)C(O)CC(Cc1ccc(F)cc1)C(=O)O. The summed E-state index contributed by atoms with van der Waals surface area (Å²) in [6, 6.07) is 8.47. The van der Waals surface area contributed by atoms with Crippen LogP contribution < -0.4 is 5.32 Å². The zero-order valence-electron chi connectivity index (χ0n) is 19.6. The molecule has 0 saturated carbocycles. The number of aliphatic hydroxyl groups is 1. The fourth-order valence-corrected chi connectivity index (χ4v) is 3.46. The lowest BCUT2D eigenvalue weighted by Crippen LogP contribution is -2.47. The van der Waals surface area contributed by atoms with Crippen LogP contribution in [0.2, 0.25) is 0 Å². The van der Waals surface area contributed by atoms with Crippen LogP contribution in [0.5, 0.6) is 0 Å². The second-order valence-corrected chi connectivity index (χ2v) is 9.32. The van der Waals surface area contributed by atoms with E-state index >= 15 is 0 Å². The van der Waals surface area contributed by atoms with Crippen molar-refractivity contribution in [2.75, 3.05) is 0 Å². The lowest BCUT2D eigenvalue weighted by Gasteiger charge is -2.28. The highest BCUT2D eigenvalue weighted by atomic mass is 19.4. The minimum Gasteiger partial charge on any atom is -0.481 e. The highest BCUT2D eigenvalue weighted by molar-refractivity contribution is 5.70. The Labute approximate surface area is 200 Å². The van der Waals surface area contributed by atoms with Gasteiger partial charge in [0.15, 0.2) is 0 Å². The number of alkyl carbamates (subject to hydrolysis) is 1. The number of hydrogen-bond donors (Lipinski definition) is 3. The van der Waals surface area contributed by atoms with E-state index in [1.165, 1.54) is 36.4 Å². The number of carboxylic acid groups (broad SMARTS) is 1. The number of carbonyl (C=O) groups excluding carboxylic acids is 1. The Morgan fingerprint density at radius 2 is 1.46 bits per heavy atom. The Bertz CT molecular complexity index is 985. The molecule has 0 bridgehead atoms. The van der Waals surface area contributed by atoms with Crippen molar-refractivity contribution < 1.29 is 42.1 Å². The van der Waals surface area contributed by atoms with Crippen molar-refractivity contribution in [2.45, 2.75) is 64.0 Å². The van der Waals surface area contributed by atoms with E-state index in [2.05, 4.69) is 5.32 Å². The minimum absolute atomic E-state index is 0.00606. The predicted octanol–water partition coefficient (Wildman–Crippen LogP) is 4.97. The largest absolute Gasteiger partial charge is 0.481 e. The molecule has 0 aliphatic heterocycles. The molecule has 2 rings (SSSR count). The number of ether oxygens (including phenoxy) is 1. The van der Waals surface area contributed by atoms with Gasteiger partial charge in [0.1, 0.15) is 11.4 Å². The third-order valence-electron chi connectivity index (χ3n) is 5.17. The van der Waals surface area contributed by atoms with Crippen LogP contribution in [-0.2, 0) is 28.5 Å². The van der Waals surface area contributed by atoms with Gasteiger partial charge in [0, 0.05) is 0 Å². The summed E-state index contributed by atoms with van der Waals surface area (Å²) in [7, 11) is 0. The van der Waals surface area contributed by atoms with Crippen molar-refractivity contribution in [2.24, 2.45) is 5.92 Å². The second-order valence-electron chi connectivity index (χ2n) is 9.32. The molecule has 2 aromatic rings. The summed E-state index contributed by atoms with van der Waals surface area (Å²) in [5.74, 6) is -2.73. The van der Waals surface area contributed by atoms with Gasteiger partial charge in [-0.25, -0.2) is 9.18 Å². The smallest absolute Gasteiger partial charge is 0.416 e. The van der Waals surface area contributed by atoms with Crippen molar-refractivity contribution >= 4 is 12.1 Å². The Morgan fingerprint density at radius 1 is 0.943 bits per heavy atom. The van der Waals surface area contributed by atoms with E-state index in [0.29, 0.717) is 11.1 Å². The summed E-state index contributed by atoms with van der Waals surface area (Å²) >= 11 is 0. The van der Waals surface area contributed by atoms with Crippen LogP contribution in [-0.4, -0.2) is 40.0 Å². The molecule has 2 aromatic carbocycles. The first kappa shape index (κ1) is 28.1. The average molecular weight is 500 g/mol. The molecule has 0 saturated heterocycles. The third-order valence-corrected chi connectivity index (χ3v) is 5.17. The molecule has 10 heteroatoms. The highest BCUT2D eigenvalue weighted by Crippen LogP contribution is 2.29. The molecule has 1 amide bonds. The first-order chi connectivity index (χ1) is 16.1. The molecule has 0 radical (unpaired) electrons. The Morgan fingerprint density at radius 3 is 1.94 bits per heavy atom. The molecule has 0 spiro atoms. The van der Waals surface area contributed by atoms with Crippen LogP contribution in [0.1, 0.15) is 43.9 Å². The van der Waals surface area contributed by atoms with Gasteiger partial charge < -0.3 is 20.3 Å². The van der Waals surface area contributed by atoms with Crippen LogP contribution in [0.15, 0.2) is 48.5 Å². The molecule has 35 heavy (non-hydrogen) atoms. The molecular weight excluding hydrogens is 470 g/mol. The molecule has 3 atom stereocenters. The van der Waals surface area contributed by atoms with Crippen molar-refractivity contribution in [1.82, 2.24) is 5.32 Å². The van der Waals surface area contributed by atoms with Gasteiger partial charge >= 0.3 is 18.2 Å². The Hall–Kier alpha value is -3.14. The number of amides is 1. The topological polar surface area (TPSA) is 95.9 Å². The summed E-state index contributed by atoms with van der Waals surface area (Å²) < 4.78 is 57.0. The van der Waals surface area contributed by atoms with E-state index in [1.54, 1.807) is 20.8 Å². The van der Waals surface area contributed by atoms with Crippen LogP contribution in [0, 0.1) is 11.7 Å². The first-order valence-corrected chi connectivity index (χ1v) is 10.9. The normalized spacial score (nSPS) is 14.6. The maximum absolute atomic E-state index is 13.2. The molecule has 0 aliphatic carbocycles. The molecule has 0 aliphatic rings. The predicted molar refractivity (Wildman–Crippen MR) is 120 cm³/mol. The maximum atomic E-state index is 13.2. The molecule has 0 fully saturated rings. The van der Waals surface area contributed by atoms with E-state index in [1.807, 2.05) is 0 Å². The van der Waals surface area contributed by atoms with Gasteiger partial charge in [-0.3, -0.25) is 4.79 Å². The number of nitrogens with one attached hydrogen (secondary N) is 1. The fraction of sp³-hybridized carbons (Fsp3) is 0.440. The fourth-order valence-electron chi connectivity index (χ4n) is 3.46. The standard InChI is InChI=1S/C25H29F4NO5/c1-24(2,3)35-23(34)30-20(13-16-4-8-18(9-5-16)25(27,28)29)21(31)14-17(22(32)33)12-15-6-10-19(26)11-7-15/h4-11,17,20-21,31H,12-14H2,1-3H3,(H,30,34)(H,32,33). The Kier molecular flexibility index (Phi) is 9.25. The molecular formula is C25H29F4NO5. The number of aliphatic carboxylic acids is 1. The number of carboxylic acids is 1. The summed E-state index contributed by atoms with van der Waals surface area (Å²) in [5.41, 5.74) is -0.752. The van der Waals surface area contributed by atoms with Gasteiger partial charge in [0.25, 0.3) is 0 Å². The summed E-state index contributed by atoms with van der Waals surface area (Å²) in [6.45, 7) is 4.91. The molecule has 192 valence electrons. The van der Waals surface area contributed by atoms with Crippen molar-refractivity contribution in [3.05, 3.63) is 71.0 Å². The summed E-state index contributed by atoms with van der Waals surface area (Å²) in [4.78, 5) is 24.2. The van der Waals surface area contributed by atoms with E-state index in [0.717, 1.165) is 12.1 Å². The molecule has 0 aromatic heterocycles. The number of alkyl halides is 3. The number of hydrogen-bond acceptors (Lipinski definition) is 4. The summed E-state index contributed by atoms with van der Waals surface area (Å²) in [6.07, 6.45) is -7.08. The van der Waals surface area contributed by atoms with Gasteiger partial charge in [-0.1, -0.05) is 24.3 Å². The Balaban J connectivity index is 2.21. The lowest BCUT2D eigenvalue weighted by atomic mass is 9.89. The lowest BCUT2D eigenvalue weighted by molar-refractivity contribution is -0.143. The molecule has 3 unspecified atom stereocenters. The summed E-state index contributed by atoms with van der Waals surface area (Å²) in [5, 5.41) is 23.0. The molecule has 3 N–H and O–H groups in total. The maximum Gasteiger partial charge on any atom is 0.416 e. The molecule has 6 nitrogen and oxygen atoms in total. The van der Waals surface area contributed by atoms with Gasteiger partial charge in [-0.05, 0) is 75.4 Å². The zero-order valence-corrected chi connectivity index (χ0v) is 19.6. The van der Waals surface area contributed by atoms with E-state index in [-0.39, 0.29) is 19.3 Å². The second kappa shape index (κ2) is 11.5. The van der Waals surface area contributed by atoms with E-state index < -0.39 is 53.3 Å². The van der Waals surface area contributed by atoms with Crippen LogP contribution in [0.3, 0.4) is 0 Å².